The summed E-state index contributed by atoms with van der Waals surface area (Å²) in [5.74, 6) is 4.45. The summed E-state index contributed by atoms with van der Waals surface area (Å²) in [7, 11) is 4.09. The van der Waals surface area contributed by atoms with Gasteiger partial charge in [-0.15, -0.1) is 0 Å². The molecule has 6 aliphatic carbocycles. The minimum atomic E-state index is 0.278. The van der Waals surface area contributed by atoms with E-state index in [2.05, 4.69) is 10.6 Å². The van der Waals surface area contributed by atoms with Crippen molar-refractivity contribution in [2.75, 3.05) is 14.1 Å². The number of amidine groups is 2. The number of nitrogens with one attached hydrogen (secondary N) is 2. The Morgan fingerprint density at radius 3 is 1.40 bits per heavy atom. The number of nitrogens with zero attached hydrogens (tertiary/aromatic N) is 2. The predicted molar refractivity (Wildman–Crippen MR) is 126 cm³/mol. The lowest BCUT2D eigenvalue weighted by Crippen LogP contribution is -2.62. The maximum Gasteiger partial charge on any atom is 0.102 e. The van der Waals surface area contributed by atoms with Crippen LogP contribution in [0.1, 0.15) is 103 Å². The second-order valence-corrected chi connectivity index (χ2v) is 11.6. The quantitative estimate of drug-likeness (QED) is 0.475. The van der Waals surface area contributed by atoms with Crippen molar-refractivity contribution in [3.05, 3.63) is 0 Å². The van der Waals surface area contributed by atoms with Gasteiger partial charge in [0.1, 0.15) is 11.7 Å². The topological polar surface area (TPSA) is 48.8 Å². The smallest absolute Gasteiger partial charge is 0.102 e. The van der Waals surface area contributed by atoms with Gasteiger partial charge in [0, 0.05) is 37.0 Å². The van der Waals surface area contributed by atoms with Crippen molar-refractivity contribution in [3.63, 3.8) is 0 Å². The van der Waals surface area contributed by atoms with E-state index in [-0.39, 0.29) is 10.8 Å². The third kappa shape index (κ3) is 3.81. The van der Waals surface area contributed by atoms with Crippen LogP contribution in [0.25, 0.3) is 0 Å². The van der Waals surface area contributed by atoms with Crippen molar-refractivity contribution >= 4 is 11.7 Å². The molecule has 0 amide bonds. The maximum absolute atomic E-state index is 4.95. The van der Waals surface area contributed by atoms with E-state index in [1.165, 1.54) is 114 Å². The van der Waals surface area contributed by atoms with E-state index < -0.39 is 0 Å². The molecule has 6 aliphatic rings. The minimum absolute atomic E-state index is 0.278. The molecule has 0 aromatic rings. The fourth-order valence-electron chi connectivity index (χ4n) is 8.61. The first-order valence-corrected chi connectivity index (χ1v) is 13.1. The molecule has 0 aliphatic heterocycles. The Morgan fingerprint density at radius 1 is 0.633 bits per heavy atom. The first-order valence-electron chi connectivity index (χ1n) is 13.1. The van der Waals surface area contributed by atoms with Gasteiger partial charge < -0.3 is 10.6 Å². The number of aliphatic imine (C=N–C) groups is 2. The van der Waals surface area contributed by atoms with Gasteiger partial charge in [-0.05, 0) is 76.0 Å². The second kappa shape index (κ2) is 8.47. The van der Waals surface area contributed by atoms with E-state index >= 15 is 0 Å². The lowest BCUT2D eigenvalue weighted by atomic mass is 9.43. The molecule has 0 saturated heterocycles. The van der Waals surface area contributed by atoms with E-state index in [0.29, 0.717) is 12.1 Å². The van der Waals surface area contributed by atoms with Gasteiger partial charge in [0.2, 0.25) is 0 Å². The van der Waals surface area contributed by atoms with Crippen LogP contribution < -0.4 is 10.6 Å². The molecule has 6 saturated carbocycles. The average molecular weight is 413 g/mol. The lowest BCUT2D eigenvalue weighted by molar-refractivity contribution is -0.0456. The van der Waals surface area contributed by atoms with E-state index in [1.54, 1.807) is 0 Å². The van der Waals surface area contributed by atoms with E-state index in [0.717, 1.165) is 11.8 Å². The molecule has 0 radical (unpaired) electrons. The molecule has 30 heavy (non-hydrogen) atoms. The Hall–Kier alpha value is -1.06. The molecule has 0 unspecified atom stereocenters. The number of hydrogen-bond donors (Lipinski definition) is 2. The zero-order valence-electron chi connectivity index (χ0n) is 19.5. The van der Waals surface area contributed by atoms with Gasteiger partial charge in [-0.3, -0.25) is 9.98 Å². The molecule has 6 fully saturated rings. The van der Waals surface area contributed by atoms with E-state index in [4.69, 9.17) is 9.98 Å². The number of hydrogen-bond acceptors (Lipinski definition) is 2. The third-order valence-electron chi connectivity index (χ3n) is 9.41. The zero-order chi connectivity index (χ0) is 20.6. The van der Waals surface area contributed by atoms with Crippen LogP contribution in [0.3, 0.4) is 0 Å². The highest BCUT2D eigenvalue weighted by Crippen LogP contribution is 2.65. The first kappa shape index (κ1) is 20.8. The van der Waals surface area contributed by atoms with Gasteiger partial charge in [-0.25, -0.2) is 0 Å². The zero-order valence-corrected chi connectivity index (χ0v) is 19.5. The molecule has 2 N–H and O–H groups in total. The molecule has 0 atom stereocenters. The molecule has 0 spiro atoms. The summed E-state index contributed by atoms with van der Waals surface area (Å²) in [4.78, 5) is 9.90. The Bertz CT molecular complexity index is 601. The largest absolute Gasteiger partial charge is 0.371 e. The summed E-state index contributed by atoms with van der Waals surface area (Å²) in [6.07, 6.45) is 21.8. The summed E-state index contributed by atoms with van der Waals surface area (Å²) in [6, 6.07) is 1.31. The van der Waals surface area contributed by atoms with Crippen LogP contribution in [-0.4, -0.2) is 37.9 Å². The molecule has 4 bridgehead atoms. The molecule has 0 aromatic carbocycles. The summed E-state index contributed by atoms with van der Waals surface area (Å²) < 4.78 is 0. The van der Waals surface area contributed by atoms with Crippen molar-refractivity contribution < 1.29 is 0 Å². The van der Waals surface area contributed by atoms with Gasteiger partial charge in [-0.1, -0.05) is 38.5 Å². The minimum Gasteiger partial charge on any atom is -0.371 e. The standard InChI is InChI=1S/C26H44N4/c1-27-23(29-21-9-5-3-6-10-21)25-14-19-13-20(15-25)17-26(16-19,18-25)24(28-2)30-22-11-7-4-8-12-22/h19-22H,3-18H2,1-2H3,(H,27,29)(H,28,30). The predicted octanol–water partition coefficient (Wildman–Crippen LogP) is 5.47. The highest BCUT2D eigenvalue weighted by molar-refractivity contribution is 5.93. The van der Waals surface area contributed by atoms with Crippen LogP contribution in [0.5, 0.6) is 0 Å². The normalized spacial score (nSPS) is 40.6. The van der Waals surface area contributed by atoms with Gasteiger partial charge in [0.25, 0.3) is 0 Å². The Morgan fingerprint density at radius 2 is 1.03 bits per heavy atom. The van der Waals surface area contributed by atoms with Crippen molar-refractivity contribution in [2.45, 2.75) is 115 Å². The van der Waals surface area contributed by atoms with Gasteiger partial charge in [0.05, 0.1) is 0 Å². The van der Waals surface area contributed by atoms with Crippen LogP contribution in [0.2, 0.25) is 0 Å². The Kier molecular flexibility index (Phi) is 5.88. The Balaban J connectivity index is 1.38. The molecule has 168 valence electrons. The van der Waals surface area contributed by atoms with Crippen molar-refractivity contribution in [3.8, 4) is 0 Å². The fraction of sp³-hybridized carbons (Fsp3) is 0.923. The highest BCUT2D eigenvalue weighted by Gasteiger charge is 2.61. The molecule has 0 aromatic heterocycles. The highest BCUT2D eigenvalue weighted by atomic mass is 15.1. The van der Waals surface area contributed by atoms with Crippen LogP contribution in [-0.2, 0) is 0 Å². The van der Waals surface area contributed by atoms with E-state index in [1.807, 2.05) is 14.1 Å². The first-order chi connectivity index (χ1) is 14.6. The summed E-state index contributed by atoms with van der Waals surface area (Å²) in [6.45, 7) is 0. The van der Waals surface area contributed by atoms with E-state index in [9.17, 15) is 0 Å². The lowest BCUT2D eigenvalue weighted by Gasteiger charge is -2.62. The van der Waals surface area contributed by atoms with Gasteiger partial charge in [-0.2, -0.15) is 0 Å². The fourth-order valence-corrected chi connectivity index (χ4v) is 8.61. The molecule has 4 heteroatoms. The molecule has 6 rings (SSSR count). The summed E-state index contributed by atoms with van der Waals surface area (Å²) in [5.41, 5.74) is 0.556. The molecule has 4 nitrogen and oxygen atoms in total. The summed E-state index contributed by atoms with van der Waals surface area (Å²) >= 11 is 0. The van der Waals surface area contributed by atoms with Crippen LogP contribution in [0.4, 0.5) is 0 Å². The van der Waals surface area contributed by atoms with Gasteiger partial charge in [0.15, 0.2) is 0 Å². The van der Waals surface area contributed by atoms with Gasteiger partial charge >= 0.3 is 0 Å². The van der Waals surface area contributed by atoms with Crippen LogP contribution in [0, 0.1) is 22.7 Å². The summed E-state index contributed by atoms with van der Waals surface area (Å²) in [5, 5.41) is 8.02. The number of rotatable bonds is 4. The van der Waals surface area contributed by atoms with Crippen LogP contribution >= 0.6 is 0 Å². The SMILES string of the molecule is CN=C(NC1CCCCC1)C12CC3CC(C1)CC(C(=NC)NC1CCCCC1)(C3)C2. The Labute approximate surface area is 184 Å². The van der Waals surface area contributed by atoms with Crippen molar-refractivity contribution in [1.29, 1.82) is 0 Å². The van der Waals surface area contributed by atoms with Crippen LogP contribution in [0.15, 0.2) is 9.98 Å². The molecular formula is C26H44N4. The second-order valence-electron chi connectivity index (χ2n) is 11.6. The average Bonchev–Trinajstić information content (AvgIpc) is 2.76. The maximum atomic E-state index is 4.95. The monoisotopic (exact) mass is 412 g/mol. The molecular weight excluding hydrogens is 368 g/mol. The third-order valence-corrected chi connectivity index (χ3v) is 9.41. The molecule has 0 heterocycles. The van der Waals surface area contributed by atoms with Crippen molar-refractivity contribution in [1.82, 2.24) is 10.6 Å². The van der Waals surface area contributed by atoms with Crippen molar-refractivity contribution in [2.24, 2.45) is 32.7 Å².